The minimum atomic E-state index is -0.709. The molecule has 4 aromatic rings. The van der Waals surface area contributed by atoms with Gasteiger partial charge in [0.05, 0.1) is 74.1 Å². The molecule has 7 heterocycles. The zero-order valence-electron chi connectivity index (χ0n) is 44.1. The van der Waals surface area contributed by atoms with Gasteiger partial charge in [-0.05, 0) is 126 Å². The number of piperidine rings is 1. The summed E-state index contributed by atoms with van der Waals surface area (Å²) in [6, 6.07) is 9.49. The first-order valence-electron chi connectivity index (χ1n) is 26.8. The minimum Gasteiger partial charge on any atom is -0.382 e. The van der Waals surface area contributed by atoms with Crippen molar-refractivity contribution >= 4 is 57.7 Å². The molecule has 2 aromatic carbocycles. The molecular formula is C55H70F2N12O7S. The predicted octanol–water partition coefficient (Wildman–Crippen LogP) is 4.46. The molecule has 2 aromatic heterocycles. The van der Waals surface area contributed by atoms with Crippen molar-refractivity contribution in [1.29, 1.82) is 0 Å². The van der Waals surface area contributed by atoms with Crippen LogP contribution in [0.15, 0.2) is 65.9 Å². The van der Waals surface area contributed by atoms with Gasteiger partial charge in [0, 0.05) is 80.0 Å². The molecule has 19 nitrogen and oxygen atoms in total. The first-order chi connectivity index (χ1) is 37.3. The smallest absolute Gasteiger partial charge is 0.254 e. The maximum Gasteiger partial charge on any atom is 0.254 e. The lowest BCUT2D eigenvalue weighted by molar-refractivity contribution is -0.138. The number of halogens is 2. The van der Waals surface area contributed by atoms with Gasteiger partial charge in [-0.25, -0.2) is 13.8 Å². The number of ether oxygens (including phenoxy) is 2. The summed E-state index contributed by atoms with van der Waals surface area (Å²) in [6.45, 7) is 7.44. The Labute approximate surface area is 452 Å². The maximum atomic E-state index is 14.7. The number of pyridine rings is 1. The van der Waals surface area contributed by atoms with Crippen molar-refractivity contribution in [3.63, 3.8) is 0 Å². The number of benzene rings is 2. The van der Waals surface area contributed by atoms with Crippen molar-refractivity contribution in [3.8, 4) is 11.1 Å². The highest BCUT2D eigenvalue weighted by Crippen LogP contribution is 2.42. The standard InChI is InChI=1S/C55H70F2N12O7S/c1-34(59-2)52(72)63-49(55(74)69-19-5-7-46(69)53-62-44(33-77-53)50(71)36-8-10-38(56)11-9-36)35-14-20-66(21-15-35)23-25-76-27-26-75-24-16-48(70)60-17-22-67-31-42-37-28-47(51(58)61-30-37)68-18-4-6-45(68)41-29-39(57)12-13-40(41)54(73)65(3)32-43(42)64-67/h8-13,28-31,34-35,44-46,49,59H,4-7,14-27,32-33H2,1-3H3,(H2,58,61)(H,60,70)(H,63,72)/t34-,44?,45-,46?,49-/m1/s1. The molecule has 22 heteroatoms. The number of ketones is 1. The molecule has 2 bridgehead atoms. The summed E-state index contributed by atoms with van der Waals surface area (Å²) < 4.78 is 41.6. The molecule has 5 atom stereocenters. The molecule has 3 fully saturated rings. The average molecular weight is 1080 g/mol. The Balaban J connectivity index is 0.694. The Hall–Kier alpha value is -6.33. The SMILES string of the molecule is CN[C@H](C)C(=O)N[C@@H](C(=O)N1CCCC1C1=NC(C(=O)c2ccc(F)cc2)CS1)C1CCN(CCOCCOCCC(=O)NCCn2cc3c(n2)CN(C)C(=O)c2ccc(F)cc2[C@H]2CCCN2c2cc-3cnc2N)CC1. The molecule has 412 valence electrons. The number of amides is 4. The van der Waals surface area contributed by atoms with Gasteiger partial charge in [-0.2, -0.15) is 5.10 Å². The van der Waals surface area contributed by atoms with Crippen molar-refractivity contribution in [1.82, 2.24) is 45.4 Å². The van der Waals surface area contributed by atoms with Crippen LogP contribution in [-0.4, -0.2) is 174 Å². The van der Waals surface area contributed by atoms with Crippen LogP contribution < -0.4 is 26.6 Å². The number of nitrogens with one attached hydrogen (secondary N) is 3. The number of hydrogen-bond acceptors (Lipinski definition) is 15. The first-order valence-corrected chi connectivity index (χ1v) is 27.8. The zero-order chi connectivity index (χ0) is 54.2. The Morgan fingerprint density at radius 2 is 1.62 bits per heavy atom. The molecule has 77 heavy (non-hydrogen) atoms. The van der Waals surface area contributed by atoms with Crippen LogP contribution >= 0.6 is 11.8 Å². The van der Waals surface area contributed by atoms with E-state index in [-0.39, 0.29) is 67.0 Å². The summed E-state index contributed by atoms with van der Waals surface area (Å²) in [7, 11) is 3.42. The number of carbonyl (C=O) groups excluding carboxylic acids is 5. The third-order valence-corrected chi connectivity index (χ3v) is 16.6. The van der Waals surface area contributed by atoms with E-state index in [0.29, 0.717) is 99.3 Å². The van der Waals surface area contributed by atoms with Crippen LogP contribution in [0.3, 0.4) is 0 Å². The van der Waals surface area contributed by atoms with Gasteiger partial charge in [0.25, 0.3) is 5.91 Å². The number of aliphatic imine (C=N–C) groups is 1. The normalized spacial score (nSPS) is 20.6. The van der Waals surface area contributed by atoms with Crippen molar-refractivity contribution in [2.45, 2.75) is 95.2 Å². The van der Waals surface area contributed by atoms with Gasteiger partial charge in [0.1, 0.15) is 29.5 Å². The number of nitrogen functional groups attached to an aromatic ring is 1. The van der Waals surface area contributed by atoms with Gasteiger partial charge in [-0.1, -0.05) is 0 Å². The van der Waals surface area contributed by atoms with Crippen LogP contribution in [0.25, 0.3) is 11.1 Å². The average Bonchev–Trinajstić information content (AvgIpc) is 4.30. The summed E-state index contributed by atoms with van der Waals surface area (Å²) in [5.74, 6) is -1.02. The fourth-order valence-electron chi connectivity index (χ4n) is 11.0. The third-order valence-electron chi connectivity index (χ3n) is 15.4. The highest BCUT2D eigenvalue weighted by atomic mass is 32.2. The van der Waals surface area contributed by atoms with E-state index in [4.69, 9.17) is 25.3 Å². The first kappa shape index (κ1) is 55.4. The number of nitrogens with two attached hydrogens (primary N) is 1. The number of likely N-dealkylation sites (tertiary alicyclic amines) is 2. The van der Waals surface area contributed by atoms with Gasteiger partial charge < -0.3 is 50.8 Å². The summed E-state index contributed by atoms with van der Waals surface area (Å²) in [5, 5.41) is 14.6. The van der Waals surface area contributed by atoms with Crippen LogP contribution in [0.4, 0.5) is 20.3 Å². The second-order valence-electron chi connectivity index (χ2n) is 20.5. The Kier molecular flexibility index (Phi) is 18.3. The van der Waals surface area contributed by atoms with Crippen LogP contribution in [0.1, 0.15) is 89.9 Å². The number of carbonyl (C=O) groups is 5. The minimum absolute atomic E-state index is 0.0738. The third kappa shape index (κ3) is 13.2. The fraction of sp³-hybridized carbons (Fsp3) is 0.527. The molecule has 0 saturated carbocycles. The van der Waals surface area contributed by atoms with Crippen LogP contribution in [-0.2, 0) is 36.9 Å². The number of Topliss-reactive ketones (excluding diaryl/α,β-unsaturated/α-hetero) is 1. The molecule has 0 spiro atoms. The quantitative estimate of drug-likeness (QED) is 0.0710. The van der Waals surface area contributed by atoms with Crippen LogP contribution in [0, 0.1) is 17.6 Å². The molecule has 4 amide bonds. The molecule has 0 aliphatic carbocycles. The molecule has 5 aliphatic rings. The second-order valence-corrected chi connectivity index (χ2v) is 21.5. The van der Waals surface area contributed by atoms with E-state index < -0.39 is 29.8 Å². The van der Waals surface area contributed by atoms with Crippen molar-refractivity contribution in [2.75, 3.05) is 96.2 Å². The van der Waals surface area contributed by atoms with Crippen LogP contribution in [0.5, 0.6) is 0 Å². The Bertz CT molecular complexity index is 2810. The van der Waals surface area contributed by atoms with Gasteiger partial charge >= 0.3 is 0 Å². The van der Waals surface area contributed by atoms with Crippen molar-refractivity contribution < 1.29 is 42.2 Å². The van der Waals surface area contributed by atoms with Gasteiger partial charge in [-0.3, -0.25) is 33.6 Å². The molecule has 3 saturated heterocycles. The van der Waals surface area contributed by atoms with Gasteiger partial charge in [-0.15, -0.1) is 11.8 Å². The van der Waals surface area contributed by atoms with E-state index >= 15 is 0 Å². The van der Waals surface area contributed by atoms with Crippen molar-refractivity contribution in [3.05, 3.63) is 94.9 Å². The number of hydrogen-bond donors (Lipinski definition) is 4. The number of likely N-dealkylation sites (N-methyl/N-ethyl adjacent to an activating group) is 1. The second kappa shape index (κ2) is 25.4. The fourth-order valence-corrected chi connectivity index (χ4v) is 12.2. The lowest BCUT2D eigenvalue weighted by atomic mass is 9.88. The zero-order valence-corrected chi connectivity index (χ0v) is 44.9. The van der Waals surface area contributed by atoms with E-state index in [1.54, 1.807) is 42.9 Å². The predicted molar refractivity (Wildman–Crippen MR) is 289 cm³/mol. The number of anilines is 2. The topological polar surface area (TPSA) is 222 Å². The van der Waals surface area contributed by atoms with Crippen LogP contribution in [0.2, 0.25) is 0 Å². The van der Waals surface area contributed by atoms with E-state index in [2.05, 4.69) is 30.7 Å². The highest BCUT2D eigenvalue weighted by molar-refractivity contribution is 8.14. The molecular weight excluding hydrogens is 1010 g/mol. The van der Waals surface area contributed by atoms with Crippen molar-refractivity contribution in [2.24, 2.45) is 10.9 Å². The number of nitrogens with zero attached hydrogens (tertiary/aromatic N) is 8. The summed E-state index contributed by atoms with van der Waals surface area (Å²) >= 11 is 1.49. The van der Waals surface area contributed by atoms with E-state index in [1.165, 1.54) is 48.2 Å². The molecule has 5 aliphatic heterocycles. The van der Waals surface area contributed by atoms with E-state index in [9.17, 15) is 32.8 Å². The molecule has 2 unspecified atom stereocenters. The monoisotopic (exact) mass is 1080 g/mol. The van der Waals surface area contributed by atoms with E-state index in [1.807, 2.05) is 17.2 Å². The number of aromatic nitrogens is 3. The summed E-state index contributed by atoms with van der Waals surface area (Å²) in [4.78, 5) is 84.9. The summed E-state index contributed by atoms with van der Waals surface area (Å²) in [5.41, 5.74) is 10.9. The largest absolute Gasteiger partial charge is 0.382 e. The lowest BCUT2D eigenvalue weighted by Crippen LogP contribution is -2.58. The number of thioether (sulfide) groups is 1. The van der Waals surface area contributed by atoms with Gasteiger partial charge in [0.15, 0.2) is 5.78 Å². The maximum absolute atomic E-state index is 14.7. The highest BCUT2D eigenvalue weighted by Gasteiger charge is 2.43. The number of rotatable bonds is 20. The molecule has 0 radical (unpaired) electrons. The Morgan fingerprint density at radius 3 is 2.40 bits per heavy atom. The summed E-state index contributed by atoms with van der Waals surface area (Å²) in [6.07, 6.45) is 8.28. The number of fused-ring (bicyclic) bond motifs is 8. The van der Waals surface area contributed by atoms with Gasteiger partial charge in [0.2, 0.25) is 17.7 Å². The van der Waals surface area contributed by atoms with E-state index in [0.717, 1.165) is 60.6 Å². The molecule has 9 rings (SSSR count). The molecule has 5 N–H and O–H groups in total. The lowest BCUT2D eigenvalue weighted by Gasteiger charge is -2.38. The Morgan fingerprint density at radius 1 is 0.883 bits per heavy atom.